The molecule has 1 heterocycles. The number of hydrogen-bond donors (Lipinski definition) is 2. The van der Waals surface area contributed by atoms with Gasteiger partial charge >= 0.3 is 5.97 Å². The van der Waals surface area contributed by atoms with Gasteiger partial charge in [0.25, 0.3) is 0 Å². The highest BCUT2D eigenvalue weighted by atomic mass is 79.9. The van der Waals surface area contributed by atoms with Gasteiger partial charge in [-0.05, 0) is 30.5 Å². The predicted octanol–water partition coefficient (Wildman–Crippen LogP) is 3.30. The first-order valence-electron chi connectivity index (χ1n) is 6.37. The summed E-state index contributed by atoms with van der Waals surface area (Å²) in [5.74, 6) is -0.0479. The Morgan fingerprint density at radius 1 is 1.40 bits per heavy atom. The molecule has 0 spiro atoms. The van der Waals surface area contributed by atoms with Crippen LogP contribution in [0, 0.1) is 5.92 Å². The molecule has 0 bridgehead atoms. The molecule has 0 aliphatic carbocycles. The second-order valence-corrected chi connectivity index (χ2v) is 5.96. The van der Waals surface area contributed by atoms with E-state index in [-0.39, 0.29) is 5.92 Å². The number of halogens is 1. The second kappa shape index (κ2) is 6.17. The Kier molecular flexibility index (Phi) is 4.54. The molecule has 6 heteroatoms. The van der Waals surface area contributed by atoms with Gasteiger partial charge in [-0.3, -0.25) is 0 Å². The lowest BCUT2D eigenvalue weighted by Gasteiger charge is -2.17. The zero-order chi connectivity index (χ0) is 14.7. The van der Waals surface area contributed by atoms with Crippen molar-refractivity contribution in [3.8, 4) is 0 Å². The van der Waals surface area contributed by atoms with Gasteiger partial charge in [0.15, 0.2) is 0 Å². The number of aromatic nitrogens is 2. The molecule has 0 aliphatic rings. The van der Waals surface area contributed by atoms with E-state index in [0.29, 0.717) is 12.2 Å². The summed E-state index contributed by atoms with van der Waals surface area (Å²) in [6, 6.07) is 4.98. The van der Waals surface area contributed by atoms with Crippen LogP contribution in [0.25, 0.3) is 10.9 Å². The van der Waals surface area contributed by atoms with Crippen molar-refractivity contribution in [1.82, 2.24) is 9.97 Å². The predicted molar refractivity (Wildman–Crippen MR) is 81.7 cm³/mol. The molecule has 0 radical (unpaired) electrons. The standard InChI is InChI=1S/C14H16BrN3O2/c1-8(2)5-12(14(19)20)18-13-10-6-9(15)3-4-11(10)16-7-17-13/h3-4,6-8,12H,5H2,1-2H3,(H,19,20)(H,16,17,18)/t12-/m1/s1. The van der Waals surface area contributed by atoms with Crippen LogP contribution in [0.2, 0.25) is 0 Å². The first-order valence-corrected chi connectivity index (χ1v) is 7.16. The largest absolute Gasteiger partial charge is 0.480 e. The normalized spacial score (nSPS) is 12.6. The number of hydrogen-bond acceptors (Lipinski definition) is 4. The quantitative estimate of drug-likeness (QED) is 0.875. The number of aliphatic carboxylic acids is 1. The molecule has 1 atom stereocenters. The van der Waals surface area contributed by atoms with Crippen molar-refractivity contribution in [2.24, 2.45) is 5.92 Å². The number of carboxylic acid groups (broad SMARTS) is 1. The van der Waals surface area contributed by atoms with Crippen molar-refractivity contribution in [2.45, 2.75) is 26.3 Å². The van der Waals surface area contributed by atoms with Gasteiger partial charge in [0.2, 0.25) is 0 Å². The van der Waals surface area contributed by atoms with Crippen LogP contribution in [0.1, 0.15) is 20.3 Å². The minimum Gasteiger partial charge on any atom is -0.480 e. The highest BCUT2D eigenvalue weighted by molar-refractivity contribution is 9.10. The Morgan fingerprint density at radius 2 is 2.15 bits per heavy atom. The fourth-order valence-electron chi connectivity index (χ4n) is 2.00. The fraction of sp³-hybridized carbons (Fsp3) is 0.357. The molecule has 106 valence electrons. The number of nitrogens with one attached hydrogen (secondary N) is 1. The third kappa shape index (κ3) is 3.45. The summed E-state index contributed by atoms with van der Waals surface area (Å²) in [5, 5.41) is 13.1. The molecule has 5 nitrogen and oxygen atoms in total. The summed E-state index contributed by atoms with van der Waals surface area (Å²) >= 11 is 3.40. The lowest BCUT2D eigenvalue weighted by atomic mass is 10.0. The highest BCUT2D eigenvalue weighted by Crippen LogP contribution is 2.24. The lowest BCUT2D eigenvalue weighted by molar-refractivity contribution is -0.138. The Bertz CT molecular complexity index is 631. The molecule has 0 aliphatic heterocycles. The van der Waals surface area contributed by atoms with Gasteiger partial charge in [-0.1, -0.05) is 29.8 Å². The molecule has 1 aromatic heterocycles. The SMILES string of the molecule is CC(C)C[C@@H](Nc1ncnc2ccc(Br)cc12)C(=O)O. The van der Waals surface area contributed by atoms with Gasteiger partial charge in [0, 0.05) is 9.86 Å². The summed E-state index contributed by atoms with van der Waals surface area (Å²) in [7, 11) is 0. The molecule has 0 unspecified atom stereocenters. The van der Waals surface area contributed by atoms with Crippen molar-refractivity contribution >= 4 is 38.6 Å². The summed E-state index contributed by atoms with van der Waals surface area (Å²) in [6.45, 7) is 3.98. The molecule has 0 saturated carbocycles. The van der Waals surface area contributed by atoms with Crippen LogP contribution >= 0.6 is 15.9 Å². The minimum absolute atomic E-state index is 0.281. The van der Waals surface area contributed by atoms with E-state index < -0.39 is 12.0 Å². The maximum Gasteiger partial charge on any atom is 0.326 e. The van der Waals surface area contributed by atoms with E-state index in [2.05, 4.69) is 31.2 Å². The Balaban J connectivity index is 2.36. The molecule has 1 aromatic carbocycles. The average Bonchev–Trinajstić information content (AvgIpc) is 2.38. The Hall–Kier alpha value is -1.69. The van der Waals surface area contributed by atoms with Crippen LogP contribution in [0.15, 0.2) is 29.0 Å². The van der Waals surface area contributed by atoms with Gasteiger partial charge < -0.3 is 10.4 Å². The topological polar surface area (TPSA) is 75.1 Å². The number of nitrogens with zero attached hydrogens (tertiary/aromatic N) is 2. The number of rotatable bonds is 5. The highest BCUT2D eigenvalue weighted by Gasteiger charge is 2.20. The molecule has 20 heavy (non-hydrogen) atoms. The summed E-state index contributed by atoms with van der Waals surface area (Å²) < 4.78 is 0.901. The van der Waals surface area contributed by atoms with E-state index in [4.69, 9.17) is 0 Å². The maximum atomic E-state index is 11.3. The lowest BCUT2D eigenvalue weighted by Crippen LogP contribution is -2.31. The van der Waals surface area contributed by atoms with Gasteiger partial charge in [0.1, 0.15) is 18.2 Å². The molecule has 2 aromatic rings. The van der Waals surface area contributed by atoms with Crippen molar-refractivity contribution in [1.29, 1.82) is 0 Å². The number of anilines is 1. The summed E-state index contributed by atoms with van der Waals surface area (Å²) in [5.41, 5.74) is 0.777. The first-order chi connectivity index (χ1) is 9.47. The molecule has 0 fully saturated rings. The van der Waals surface area contributed by atoms with Crippen LogP contribution in [-0.2, 0) is 4.79 Å². The molecule has 0 saturated heterocycles. The Morgan fingerprint density at radius 3 is 2.80 bits per heavy atom. The van der Waals surface area contributed by atoms with Crippen LogP contribution < -0.4 is 5.32 Å². The van der Waals surface area contributed by atoms with Crippen molar-refractivity contribution in [3.63, 3.8) is 0 Å². The summed E-state index contributed by atoms with van der Waals surface area (Å²) in [4.78, 5) is 19.7. The van der Waals surface area contributed by atoms with E-state index in [1.165, 1.54) is 6.33 Å². The minimum atomic E-state index is -0.875. The smallest absolute Gasteiger partial charge is 0.326 e. The first kappa shape index (κ1) is 14.7. The van der Waals surface area contributed by atoms with Gasteiger partial charge in [-0.25, -0.2) is 14.8 Å². The van der Waals surface area contributed by atoms with E-state index in [9.17, 15) is 9.90 Å². The van der Waals surface area contributed by atoms with Gasteiger partial charge in [0.05, 0.1) is 5.52 Å². The average molecular weight is 338 g/mol. The monoisotopic (exact) mass is 337 g/mol. The van der Waals surface area contributed by atoms with Crippen molar-refractivity contribution in [2.75, 3.05) is 5.32 Å². The van der Waals surface area contributed by atoms with E-state index in [0.717, 1.165) is 15.4 Å². The number of benzene rings is 1. The maximum absolute atomic E-state index is 11.3. The zero-order valence-electron chi connectivity index (χ0n) is 11.3. The van der Waals surface area contributed by atoms with Gasteiger partial charge in [-0.15, -0.1) is 0 Å². The molecule has 2 rings (SSSR count). The molecular formula is C14H16BrN3O2. The van der Waals surface area contributed by atoms with E-state index in [1.807, 2.05) is 32.0 Å². The Labute approximate surface area is 125 Å². The molecular weight excluding hydrogens is 322 g/mol. The molecule has 2 N–H and O–H groups in total. The van der Waals surface area contributed by atoms with Crippen LogP contribution in [0.4, 0.5) is 5.82 Å². The second-order valence-electron chi connectivity index (χ2n) is 5.05. The third-order valence-electron chi connectivity index (χ3n) is 2.91. The zero-order valence-corrected chi connectivity index (χ0v) is 12.9. The summed E-state index contributed by atoms with van der Waals surface area (Å²) in [6.07, 6.45) is 1.97. The van der Waals surface area contributed by atoms with Crippen molar-refractivity contribution in [3.05, 3.63) is 29.0 Å². The number of carbonyl (C=O) groups is 1. The van der Waals surface area contributed by atoms with Gasteiger partial charge in [-0.2, -0.15) is 0 Å². The van der Waals surface area contributed by atoms with E-state index >= 15 is 0 Å². The number of carboxylic acids is 1. The number of fused-ring (bicyclic) bond motifs is 1. The van der Waals surface area contributed by atoms with Crippen LogP contribution in [0.5, 0.6) is 0 Å². The van der Waals surface area contributed by atoms with E-state index in [1.54, 1.807) is 0 Å². The fourth-order valence-corrected chi connectivity index (χ4v) is 2.36. The van der Waals surface area contributed by atoms with Crippen LogP contribution in [-0.4, -0.2) is 27.1 Å². The third-order valence-corrected chi connectivity index (χ3v) is 3.41. The molecule has 0 amide bonds. The van der Waals surface area contributed by atoms with Crippen molar-refractivity contribution < 1.29 is 9.90 Å². The van der Waals surface area contributed by atoms with Crippen LogP contribution in [0.3, 0.4) is 0 Å².